The number of hydrogen-bond acceptors (Lipinski definition) is 4. The smallest absolute Gasteiger partial charge is 0.308 e. The van der Waals surface area contributed by atoms with E-state index in [1.165, 1.54) is 13.8 Å². The normalized spacial score (nSPS) is 9.21. The zero-order valence-electron chi connectivity index (χ0n) is 11.5. The van der Waals surface area contributed by atoms with Crippen LogP contribution in [0.15, 0.2) is 6.07 Å². The highest BCUT2D eigenvalue weighted by Gasteiger charge is 2.14. The molecule has 0 amide bonds. The lowest BCUT2D eigenvalue weighted by molar-refractivity contribution is -0.133. The maximum absolute atomic E-state index is 11.0. The third-order valence-corrected chi connectivity index (χ3v) is 2.48. The van der Waals surface area contributed by atoms with Crippen molar-refractivity contribution in [2.45, 2.75) is 34.6 Å². The molecule has 0 saturated heterocycles. The van der Waals surface area contributed by atoms with Crippen LogP contribution in [0.3, 0.4) is 0 Å². The van der Waals surface area contributed by atoms with E-state index in [1.54, 1.807) is 13.0 Å². The molecule has 0 atom stereocenters. The SMILES string of the molecule is CC(=O)Oc1cc(C)c(OC(C)=O)c(C)c1C.II. The molecule has 0 spiro atoms. The summed E-state index contributed by atoms with van der Waals surface area (Å²) >= 11 is 4.24. The van der Waals surface area contributed by atoms with Crippen molar-refractivity contribution in [3.05, 3.63) is 22.8 Å². The van der Waals surface area contributed by atoms with Crippen LogP contribution in [-0.2, 0) is 9.59 Å². The molecular weight excluding hydrogens is 474 g/mol. The van der Waals surface area contributed by atoms with Gasteiger partial charge in [-0.1, -0.05) is 0 Å². The summed E-state index contributed by atoms with van der Waals surface area (Å²) in [6, 6.07) is 1.70. The number of esters is 2. The fourth-order valence-corrected chi connectivity index (χ4v) is 1.58. The minimum absolute atomic E-state index is 0.365. The molecule has 0 heterocycles. The first-order valence-corrected chi connectivity index (χ1v) is 11.7. The summed E-state index contributed by atoms with van der Waals surface area (Å²) in [5.41, 5.74) is 2.36. The molecule has 19 heavy (non-hydrogen) atoms. The average molecular weight is 490 g/mol. The minimum Gasteiger partial charge on any atom is -0.426 e. The maximum Gasteiger partial charge on any atom is 0.308 e. The average Bonchev–Trinajstić information content (AvgIpc) is 2.33. The van der Waals surface area contributed by atoms with E-state index in [4.69, 9.17) is 9.47 Å². The zero-order valence-corrected chi connectivity index (χ0v) is 15.8. The van der Waals surface area contributed by atoms with Crippen LogP contribution in [0.25, 0.3) is 0 Å². The van der Waals surface area contributed by atoms with Crippen molar-refractivity contribution in [2.75, 3.05) is 0 Å². The van der Waals surface area contributed by atoms with Crippen molar-refractivity contribution in [3.8, 4) is 11.5 Å². The van der Waals surface area contributed by atoms with E-state index in [0.717, 1.165) is 16.7 Å². The lowest BCUT2D eigenvalue weighted by atomic mass is 10.0. The molecular formula is C13H16I2O4. The van der Waals surface area contributed by atoms with E-state index in [-0.39, 0.29) is 11.9 Å². The fourth-order valence-electron chi connectivity index (χ4n) is 1.58. The zero-order chi connectivity index (χ0) is 15.2. The van der Waals surface area contributed by atoms with Crippen molar-refractivity contribution < 1.29 is 19.1 Å². The Balaban J connectivity index is 0.00000154. The second kappa shape index (κ2) is 8.72. The van der Waals surface area contributed by atoms with Gasteiger partial charge in [-0.05, 0) is 43.5 Å². The third kappa shape index (κ3) is 5.64. The van der Waals surface area contributed by atoms with Crippen LogP contribution in [0.1, 0.15) is 30.5 Å². The van der Waals surface area contributed by atoms with Crippen LogP contribution in [0.5, 0.6) is 11.5 Å². The van der Waals surface area contributed by atoms with Crippen LogP contribution in [0, 0.1) is 20.8 Å². The molecule has 0 fully saturated rings. The van der Waals surface area contributed by atoms with Gasteiger partial charge in [-0.3, -0.25) is 9.59 Å². The maximum atomic E-state index is 11.0. The third-order valence-electron chi connectivity index (χ3n) is 2.48. The molecule has 1 rings (SSSR count). The summed E-state index contributed by atoms with van der Waals surface area (Å²) in [6.07, 6.45) is 0. The van der Waals surface area contributed by atoms with E-state index >= 15 is 0 Å². The fraction of sp³-hybridized carbons (Fsp3) is 0.385. The van der Waals surface area contributed by atoms with Gasteiger partial charge in [0.25, 0.3) is 0 Å². The monoisotopic (exact) mass is 490 g/mol. The molecule has 0 aliphatic rings. The highest BCUT2D eigenvalue weighted by Crippen LogP contribution is 2.33. The molecule has 0 unspecified atom stereocenters. The predicted molar refractivity (Wildman–Crippen MR) is 91.3 cm³/mol. The van der Waals surface area contributed by atoms with Gasteiger partial charge in [-0.2, -0.15) is 0 Å². The topological polar surface area (TPSA) is 52.6 Å². The predicted octanol–water partition coefficient (Wildman–Crippen LogP) is 4.23. The van der Waals surface area contributed by atoms with Crippen molar-refractivity contribution in [1.82, 2.24) is 0 Å². The number of ether oxygens (including phenoxy) is 2. The number of rotatable bonds is 2. The van der Waals surface area contributed by atoms with Gasteiger partial charge in [0, 0.05) is 51.1 Å². The van der Waals surface area contributed by atoms with Gasteiger partial charge in [-0.15, -0.1) is 0 Å². The van der Waals surface area contributed by atoms with E-state index < -0.39 is 0 Å². The Labute approximate surface area is 136 Å². The van der Waals surface area contributed by atoms with Gasteiger partial charge in [0.15, 0.2) is 0 Å². The van der Waals surface area contributed by atoms with Crippen molar-refractivity contribution in [2.24, 2.45) is 0 Å². The Bertz CT molecular complexity index is 484. The van der Waals surface area contributed by atoms with E-state index in [1.807, 2.05) is 13.8 Å². The van der Waals surface area contributed by atoms with Crippen LogP contribution in [-0.4, -0.2) is 11.9 Å². The quantitative estimate of drug-likeness (QED) is 0.354. The Morgan fingerprint density at radius 2 is 1.42 bits per heavy atom. The molecule has 0 aromatic heterocycles. The van der Waals surface area contributed by atoms with Gasteiger partial charge < -0.3 is 9.47 Å². The van der Waals surface area contributed by atoms with Gasteiger partial charge in [-0.25, -0.2) is 0 Å². The summed E-state index contributed by atoms with van der Waals surface area (Å²) in [6.45, 7) is 8.16. The van der Waals surface area contributed by atoms with E-state index in [0.29, 0.717) is 11.5 Å². The van der Waals surface area contributed by atoms with Crippen LogP contribution >= 0.6 is 37.2 Å². The lowest BCUT2D eigenvalue weighted by Crippen LogP contribution is -2.08. The number of carbonyl (C=O) groups excluding carboxylic acids is 2. The molecule has 0 N–H and O–H groups in total. The van der Waals surface area contributed by atoms with Crippen LogP contribution in [0.4, 0.5) is 0 Å². The molecule has 106 valence electrons. The second-order valence-electron chi connectivity index (χ2n) is 3.96. The number of benzene rings is 1. The highest BCUT2D eigenvalue weighted by molar-refractivity contribution is 15.0. The highest BCUT2D eigenvalue weighted by atomic mass is 128. The van der Waals surface area contributed by atoms with Crippen molar-refractivity contribution in [1.29, 1.82) is 0 Å². The van der Waals surface area contributed by atoms with Gasteiger partial charge in [0.1, 0.15) is 11.5 Å². The number of halogens is 2. The minimum atomic E-state index is -0.368. The number of carbonyl (C=O) groups is 2. The number of hydrogen-bond donors (Lipinski definition) is 0. The standard InChI is InChI=1S/C13H16O4.I2/c1-7-6-12(16-10(4)14)8(2)9(3)13(7)17-11(5)15;1-2/h6H,1-5H3;. The summed E-state index contributed by atoms with van der Waals surface area (Å²) < 4.78 is 10.2. The van der Waals surface area contributed by atoms with Crippen LogP contribution < -0.4 is 9.47 Å². The molecule has 0 aliphatic heterocycles. The molecule has 0 bridgehead atoms. The second-order valence-corrected chi connectivity index (χ2v) is 3.96. The first-order chi connectivity index (χ1) is 8.82. The van der Waals surface area contributed by atoms with Crippen molar-refractivity contribution >= 4 is 49.2 Å². The molecule has 0 saturated carbocycles. The molecule has 0 aliphatic carbocycles. The van der Waals surface area contributed by atoms with Gasteiger partial charge in [0.2, 0.25) is 0 Å². The Hall–Kier alpha value is -0.380. The van der Waals surface area contributed by atoms with E-state index in [9.17, 15) is 9.59 Å². The largest absolute Gasteiger partial charge is 0.426 e. The summed E-state index contributed by atoms with van der Waals surface area (Å²) in [5, 5.41) is 0. The lowest BCUT2D eigenvalue weighted by Gasteiger charge is -2.15. The van der Waals surface area contributed by atoms with Gasteiger partial charge >= 0.3 is 11.9 Å². The molecule has 0 radical (unpaired) electrons. The molecule has 1 aromatic rings. The molecule has 4 nitrogen and oxygen atoms in total. The molecule has 1 aromatic carbocycles. The first kappa shape index (κ1) is 18.6. The van der Waals surface area contributed by atoms with E-state index in [2.05, 4.69) is 37.2 Å². The summed E-state index contributed by atoms with van der Waals surface area (Å²) in [5.74, 6) is 0.303. The van der Waals surface area contributed by atoms with Gasteiger partial charge in [0.05, 0.1) is 0 Å². The summed E-state index contributed by atoms with van der Waals surface area (Å²) in [7, 11) is 0. The molecule has 6 heteroatoms. The number of aryl methyl sites for hydroxylation is 1. The summed E-state index contributed by atoms with van der Waals surface area (Å²) in [4.78, 5) is 21.9. The first-order valence-electron chi connectivity index (χ1n) is 5.44. The Morgan fingerprint density at radius 1 is 0.947 bits per heavy atom. The Morgan fingerprint density at radius 3 is 1.84 bits per heavy atom. The Kier molecular flexibility index (Phi) is 8.55. The van der Waals surface area contributed by atoms with Crippen LogP contribution in [0.2, 0.25) is 0 Å². The van der Waals surface area contributed by atoms with Crippen molar-refractivity contribution in [3.63, 3.8) is 0 Å².